The number of benzene rings is 1. The Morgan fingerprint density at radius 3 is 2.62 bits per heavy atom. The Hall–Kier alpha value is -2.39. The Balaban J connectivity index is 2.48. The molecule has 0 spiro atoms. The molecule has 8 heteroatoms. The highest BCUT2D eigenvalue weighted by Crippen LogP contribution is 2.30. The molecule has 1 aliphatic rings. The Morgan fingerprint density at radius 2 is 1.93 bits per heavy atom. The van der Waals surface area contributed by atoms with E-state index < -0.39 is 18.3 Å². The largest absolute Gasteiger partial charge is 0.497 e. The number of hydrogen-bond acceptors (Lipinski definition) is 7. The summed E-state index contributed by atoms with van der Waals surface area (Å²) in [4.78, 5) is 12.9. The second-order valence-corrected chi connectivity index (χ2v) is 6.90. The van der Waals surface area contributed by atoms with Crippen molar-refractivity contribution in [1.29, 1.82) is 0 Å². The van der Waals surface area contributed by atoms with Crippen molar-refractivity contribution in [2.45, 2.75) is 31.7 Å². The first kappa shape index (κ1) is 22.9. The molecule has 8 nitrogen and oxygen atoms in total. The van der Waals surface area contributed by atoms with Crippen LogP contribution in [-0.2, 0) is 4.74 Å². The van der Waals surface area contributed by atoms with Gasteiger partial charge in [-0.15, -0.1) is 0 Å². The molecule has 29 heavy (non-hydrogen) atoms. The van der Waals surface area contributed by atoms with Gasteiger partial charge in [-0.25, -0.2) is 0 Å². The average molecular weight is 407 g/mol. The molecule has 1 aromatic rings. The smallest absolute Gasteiger partial charge is 0.255 e. The first-order valence-electron chi connectivity index (χ1n) is 9.38. The monoisotopic (exact) mass is 407 g/mol. The molecular formula is C21H29NO7. The number of fused-ring (bicyclic) bond motifs is 1. The molecule has 1 aliphatic heterocycles. The molecule has 1 amide bonds. The van der Waals surface area contributed by atoms with Gasteiger partial charge in [-0.2, -0.15) is 0 Å². The molecule has 0 saturated carbocycles. The van der Waals surface area contributed by atoms with Gasteiger partial charge in [0.15, 0.2) is 6.79 Å². The van der Waals surface area contributed by atoms with Crippen LogP contribution in [0.25, 0.3) is 6.08 Å². The van der Waals surface area contributed by atoms with E-state index in [0.29, 0.717) is 29.2 Å². The van der Waals surface area contributed by atoms with Crippen molar-refractivity contribution in [3.63, 3.8) is 0 Å². The Morgan fingerprint density at radius 1 is 1.17 bits per heavy atom. The van der Waals surface area contributed by atoms with Gasteiger partial charge in [0, 0.05) is 19.7 Å². The zero-order valence-electron chi connectivity index (χ0n) is 16.9. The fourth-order valence-electron chi connectivity index (χ4n) is 2.87. The Bertz CT molecular complexity index is 747. The average Bonchev–Trinajstić information content (AvgIpc) is 2.72. The number of methoxy groups -OCH3 is 2. The first-order valence-corrected chi connectivity index (χ1v) is 9.38. The van der Waals surface area contributed by atoms with Gasteiger partial charge >= 0.3 is 0 Å². The summed E-state index contributed by atoms with van der Waals surface area (Å²) in [5, 5.41) is 33.1. The lowest BCUT2D eigenvalue weighted by atomic mass is 9.99. The highest BCUT2D eigenvalue weighted by molar-refractivity contribution is 6.00. The lowest BCUT2D eigenvalue weighted by Gasteiger charge is -2.21. The summed E-state index contributed by atoms with van der Waals surface area (Å²) >= 11 is 0. The van der Waals surface area contributed by atoms with E-state index >= 15 is 0 Å². The van der Waals surface area contributed by atoms with Crippen LogP contribution in [0.4, 0.5) is 0 Å². The Kier molecular flexibility index (Phi) is 8.66. The quantitative estimate of drug-likeness (QED) is 0.436. The Labute approximate surface area is 170 Å². The van der Waals surface area contributed by atoms with Crippen LogP contribution in [-0.4, -0.2) is 67.1 Å². The van der Waals surface area contributed by atoms with Crippen molar-refractivity contribution >= 4 is 12.0 Å². The number of ether oxygens (including phenoxy) is 3. The number of carbonyl (C=O) groups is 1. The standard InChI is InChI=1S/C21H29NO7/c1-13-7-8-17(24)20(25)16(23)6-4-5-14-9-15(28-3)10-18(29-12-27-2)19(14)21(26)22-11-13/h4-5,7-10,13,16-17,20,23-25H,6,11-12H2,1-3H3,(H,22,26)/b5-4?,8-7-/t13-,16+,17?,20?/m1/s1. The van der Waals surface area contributed by atoms with E-state index in [0.717, 1.165) is 0 Å². The third kappa shape index (κ3) is 6.30. The van der Waals surface area contributed by atoms with Crippen LogP contribution >= 0.6 is 0 Å². The number of aliphatic hydroxyl groups excluding tert-OH is 3. The molecule has 160 valence electrons. The number of nitrogens with one attached hydrogen (secondary N) is 1. The molecular weight excluding hydrogens is 378 g/mol. The minimum Gasteiger partial charge on any atom is -0.497 e. The highest BCUT2D eigenvalue weighted by atomic mass is 16.7. The van der Waals surface area contributed by atoms with Gasteiger partial charge in [-0.05, 0) is 24.0 Å². The van der Waals surface area contributed by atoms with Crippen LogP contribution < -0.4 is 14.8 Å². The molecule has 0 radical (unpaired) electrons. The van der Waals surface area contributed by atoms with E-state index in [1.54, 1.807) is 30.4 Å². The van der Waals surface area contributed by atoms with Crippen LogP contribution in [0.15, 0.2) is 30.4 Å². The summed E-state index contributed by atoms with van der Waals surface area (Å²) in [6.45, 7) is 2.12. The van der Waals surface area contributed by atoms with Gasteiger partial charge in [0.1, 0.15) is 23.7 Å². The van der Waals surface area contributed by atoms with Crippen molar-refractivity contribution in [2.24, 2.45) is 5.92 Å². The molecule has 1 heterocycles. The van der Waals surface area contributed by atoms with Gasteiger partial charge in [0.2, 0.25) is 0 Å². The molecule has 1 aromatic carbocycles. The van der Waals surface area contributed by atoms with Crippen LogP contribution in [0.3, 0.4) is 0 Å². The van der Waals surface area contributed by atoms with Crippen LogP contribution in [0, 0.1) is 5.92 Å². The summed E-state index contributed by atoms with van der Waals surface area (Å²) < 4.78 is 15.8. The van der Waals surface area contributed by atoms with E-state index in [-0.39, 0.29) is 25.0 Å². The van der Waals surface area contributed by atoms with E-state index in [4.69, 9.17) is 14.2 Å². The summed E-state index contributed by atoms with van der Waals surface area (Å²) in [6.07, 6.45) is 2.73. The van der Waals surface area contributed by atoms with Crippen molar-refractivity contribution in [2.75, 3.05) is 27.6 Å². The summed E-state index contributed by atoms with van der Waals surface area (Å²) in [7, 11) is 2.98. The molecule has 0 saturated heterocycles. The summed E-state index contributed by atoms with van der Waals surface area (Å²) in [5.41, 5.74) is 0.831. The van der Waals surface area contributed by atoms with E-state index in [9.17, 15) is 20.1 Å². The van der Waals surface area contributed by atoms with Crippen molar-refractivity contribution in [1.82, 2.24) is 5.32 Å². The minimum absolute atomic E-state index is 0.0431. The van der Waals surface area contributed by atoms with E-state index in [2.05, 4.69) is 5.32 Å². The first-order chi connectivity index (χ1) is 13.9. The molecule has 0 aliphatic carbocycles. The topological polar surface area (TPSA) is 117 Å². The number of carbonyl (C=O) groups excluding carboxylic acids is 1. The molecule has 2 rings (SSSR count). The molecule has 4 N–H and O–H groups in total. The van der Waals surface area contributed by atoms with Crippen LogP contribution in [0.5, 0.6) is 11.5 Å². The lowest BCUT2D eigenvalue weighted by molar-refractivity contribution is -0.0394. The molecule has 2 unspecified atom stereocenters. The predicted molar refractivity (Wildman–Crippen MR) is 108 cm³/mol. The zero-order chi connectivity index (χ0) is 21.4. The lowest BCUT2D eigenvalue weighted by Crippen LogP contribution is -2.36. The van der Waals surface area contributed by atoms with Crippen LogP contribution in [0.2, 0.25) is 0 Å². The molecule has 0 bridgehead atoms. The van der Waals surface area contributed by atoms with Gasteiger partial charge in [-0.1, -0.05) is 31.2 Å². The van der Waals surface area contributed by atoms with Gasteiger partial charge in [0.25, 0.3) is 5.91 Å². The normalized spacial score (nSPS) is 26.8. The fourth-order valence-corrected chi connectivity index (χ4v) is 2.87. The number of aliphatic hydroxyl groups is 3. The third-order valence-electron chi connectivity index (χ3n) is 4.54. The minimum atomic E-state index is -1.33. The highest BCUT2D eigenvalue weighted by Gasteiger charge is 2.23. The van der Waals surface area contributed by atoms with Gasteiger partial charge in [0.05, 0.1) is 18.8 Å². The fraction of sp³-hybridized carbons (Fsp3) is 0.476. The maximum Gasteiger partial charge on any atom is 0.255 e. The van der Waals surface area contributed by atoms with Crippen molar-refractivity contribution < 1.29 is 34.3 Å². The second kappa shape index (κ2) is 11.0. The number of rotatable bonds is 4. The van der Waals surface area contributed by atoms with E-state index in [1.807, 2.05) is 6.92 Å². The maximum atomic E-state index is 12.9. The SMILES string of the molecule is COCOc1cc(OC)cc2c1C(=O)NC[C@H](C)/C=C\C(O)C(O)[C@@H](O)CC=C2. The van der Waals surface area contributed by atoms with Gasteiger partial charge < -0.3 is 34.8 Å². The third-order valence-corrected chi connectivity index (χ3v) is 4.54. The zero-order valence-corrected chi connectivity index (χ0v) is 16.9. The maximum absolute atomic E-state index is 12.9. The summed E-state index contributed by atoms with van der Waals surface area (Å²) in [6, 6.07) is 3.28. The molecule has 0 aromatic heterocycles. The number of hydrogen-bond donors (Lipinski definition) is 4. The summed E-state index contributed by atoms with van der Waals surface area (Å²) in [5.74, 6) is 0.341. The van der Waals surface area contributed by atoms with Gasteiger partial charge in [-0.3, -0.25) is 4.79 Å². The van der Waals surface area contributed by atoms with Crippen molar-refractivity contribution in [3.8, 4) is 11.5 Å². The van der Waals surface area contributed by atoms with Crippen molar-refractivity contribution in [3.05, 3.63) is 41.5 Å². The second-order valence-electron chi connectivity index (χ2n) is 6.90. The van der Waals surface area contributed by atoms with E-state index in [1.165, 1.54) is 20.3 Å². The molecule has 4 atom stereocenters. The molecule has 0 fully saturated rings. The predicted octanol–water partition coefficient (Wildman–Crippen LogP) is 1.10. The van der Waals surface area contributed by atoms with Crippen LogP contribution in [0.1, 0.15) is 29.3 Å². The number of amides is 1.